The van der Waals surface area contributed by atoms with Gasteiger partial charge in [-0.05, 0) is 37.3 Å². The molecule has 0 aliphatic carbocycles. The van der Waals surface area contributed by atoms with E-state index in [0.717, 1.165) is 16.2 Å². The van der Waals surface area contributed by atoms with Crippen LogP contribution in [0.25, 0.3) is 11.0 Å². The molecule has 0 spiro atoms. The normalized spacial score (nSPS) is 17.2. The van der Waals surface area contributed by atoms with Crippen molar-refractivity contribution in [3.05, 3.63) is 47.3 Å². The van der Waals surface area contributed by atoms with Gasteiger partial charge < -0.3 is 18.8 Å². The molecule has 2 aliphatic rings. The van der Waals surface area contributed by atoms with Crippen LogP contribution in [0.2, 0.25) is 0 Å². The highest BCUT2D eigenvalue weighted by molar-refractivity contribution is 7.98. The van der Waals surface area contributed by atoms with Crippen molar-refractivity contribution in [3.63, 3.8) is 0 Å². The summed E-state index contributed by atoms with van der Waals surface area (Å²) in [5.74, 6) is 0.788. The number of sulfonamides is 1. The Labute approximate surface area is 195 Å². The maximum atomic E-state index is 14.1. The summed E-state index contributed by atoms with van der Waals surface area (Å²) in [5.41, 5.74) is 2.90. The first-order chi connectivity index (χ1) is 16.0. The van der Waals surface area contributed by atoms with Crippen LogP contribution in [0.15, 0.2) is 40.4 Å². The van der Waals surface area contributed by atoms with Crippen LogP contribution in [0.4, 0.5) is 4.39 Å². The highest BCUT2D eigenvalue weighted by atomic mass is 32.2. The molecule has 0 saturated carbocycles. The lowest BCUT2D eigenvalue weighted by atomic mass is 10.1. The number of morpholine rings is 1. The molecule has 176 valence electrons. The third-order valence-corrected chi connectivity index (χ3v) is 8.64. The summed E-state index contributed by atoms with van der Waals surface area (Å²) in [6.07, 6.45) is 0. The molecule has 5 rings (SSSR count). The molecule has 2 aromatic carbocycles. The second-order valence-electron chi connectivity index (χ2n) is 7.76. The summed E-state index contributed by atoms with van der Waals surface area (Å²) in [4.78, 5) is 4.94. The number of nitrogens with zero attached hydrogens (tertiary/aromatic N) is 3. The van der Waals surface area contributed by atoms with Crippen LogP contribution in [-0.4, -0.2) is 55.4 Å². The number of benzene rings is 2. The Morgan fingerprint density at radius 3 is 2.76 bits per heavy atom. The summed E-state index contributed by atoms with van der Waals surface area (Å²) < 4.78 is 59.8. The number of halogens is 1. The topological polar surface area (TPSA) is 82.9 Å². The fourth-order valence-corrected chi connectivity index (χ4v) is 6.58. The van der Waals surface area contributed by atoms with E-state index in [0.29, 0.717) is 62.0 Å². The van der Waals surface area contributed by atoms with Crippen LogP contribution in [0.5, 0.6) is 5.75 Å². The van der Waals surface area contributed by atoms with E-state index >= 15 is 0 Å². The first-order valence-electron chi connectivity index (χ1n) is 10.7. The molecule has 1 saturated heterocycles. The average molecular weight is 494 g/mol. The maximum absolute atomic E-state index is 14.1. The number of rotatable bonds is 6. The third kappa shape index (κ3) is 4.35. The lowest BCUT2D eigenvalue weighted by molar-refractivity contribution is -0.0171. The first-order valence-corrected chi connectivity index (χ1v) is 13.1. The number of aryl methyl sites for hydroxylation is 1. The first kappa shape index (κ1) is 22.6. The molecular weight excluding hydrogens is 469 g/mol. The van der Waals surface area contributed by atoms with Gasteiger partial charge in [0.2, 0.25) is 10.0 Å². The molecule has 8 nitrogen and oxygen atoms in total. The molecule has 3 aromatic rings. The Balaban J connectivity index is 1.44. The predicted octanol–water partition coefficient (Wildman–Crippen LogP) is 3.38. The molecule has 33 heavy (non-hydrogen) atoms. The van der Waals surface area contributed by atoms with E-state index in [4.69, 9.17) is 19.2 Å². The Morgan fingerprint density at radius 1 is 1.15 bits per heavy atom. The van der Waals surface area contributed by atoms with Crippen molar-refractivity contribution in [2.24, 2.45) is 0 Å². The summed E-state index contributed by atoms with van der Waals surface area (Å²) in [7, 11) is -3.61. The zero-order valence-corrected chi connectivity index (χ0v) is 19.8. The minimum absolute atomic E-state index is 0.143. The van der Waals surface area contributed by atoms with Crippen LogP contribution in [0.3, 0.4) is 0 Å². The monoisotopic (exact) mass is 493 g/mol. The average Bonchev–Trinajstić information content (AvgIpc) is 3.19. The Kier molecular flexibility index (Phi) is 6.32. The van der Waals surface area contributed by atoms with Gasteiger partial charge >= 0.3 is 0 Å². The molecule has 11 heteroatoms. The van der Waals surface area contributed by atoms with Crippen molar-refractivity contribution in [1.82, 2.24) is 13.9 Å². The number of imidazole rings is 1. The van der Waals surface area contributed by atoms with E-state index in [2.05, 4.69) is 0 Å². The number of hydrogen-bond donors (Lipinski definition) is 0. The van der Waals surface area contributed by atoms with Gasteiger partial charge in [0.1, 0.15) is 11.6 Å². The van der Waals surface area contributed by atoms with Gasteiger partial charge in [-0.3, -0.25) is 0 Å². The summed E-state index contributed by atoms with van der Waals surface area (Å²) in [6, 6.07) is 7.96. The molecule has 3 heterocycles. The van der Waals surface area contributed by atoms with E-state index < -0.39 is 10.0 Å². The SMILES string of the molecule is CCn1c(SCc2cc(F)cc3c2OCOC3)nc2cc(S(=O)(=O)N3CCOCC3)ccc21. The number of fused-ring (bicyclic) bond motifs is 2. The van der Waals surface area contributed by atoms with Crippen molar-refractivity contribution >= 4 is 32.8 Å². The lowest BCUT2D eigenvalue weighted by Crippen LogP contribution is -2.40. The molecule has 0 radical (unpaired) electrons. The predicted molar refractivity (Wildman–Crippen MR) is 121 cm³/mol. The molecule has 0 amide bonds. The second kappa shape index (κ2) is 9.22. The third-order valence-electron chi connectivity index (χ3n) is 5.72. The zero-order chi connectivity index (χ0) is 23.0. The van der Waals surface area contributed by atoms with Gasteiger partial charge in [0.25, 0.3) is 0 Å². The highest BCUT2D eigenvalue weighted by Gasteiger charge is 2.27. The quantitative estimate of drug-likeness (QED) is 0.487. The highest BCUT2D eigenvalue weighted by Crippen LogP contribution is 2.35. The van der Waals surface area contributed by atoms with Crippen LogP contribution < -0.4 is 4.74 Å². The molecule has 1 fully saturated rings. The maximum Gasteiger partial charge on any atom is 0.243 e. The van der Waals surface area contributed by atoms with Gasteiger partial charge in [-0.15, -0.1) is 0 Å². The minimum Gasteiger partial charge on any atom is -0.467 e. The van der Waals surface area contributed by atoms with E-state index in [1.165, 1.54) is 28.2 Å². The van der Waals surface area contributed by atoms with E-state index in [9.17, 15) is 12.8 Å². The van der Waals surface area contributed by atoms with Gasteiger partial charge in [-0.2, -0.15) is 4.31 Å². The van der Waals surface area contributed by atoms with Crippen molar-refractivity contribution in [3.8, 4) is 5.75 Å². The van der Waals surface area contributed by atoms with Gasteiger partial charge in [0.05, 0.1) is 35.7 Å². The van der Waals surface area contributed by atoms with Crippen molar-refractivity contribution in [2.45, 2.75) is 35.9 Å². The van der Waals surface area contributed by atoms with Crippen molar-refractivity contribution in [2.75, 3.05) is 33.1 Å². The van der Waals surface area contributed by atoms with Gasteiger partial charge in [0, 0.05) is 36.5 Å². The van der Waals surface area contributed by atoms with Crippen LogP contribution in [0.1, 0.15) is 18.1 Å². The van der Waals surface area contributed by atoms with E-state index in [-0.39, 0.29) is 17.5 Å². The smallest absolute Gasteiger partial charge is 0.243 e. The lowest BCUT2D eigenvalue weighted by Gasteiger charge is -2.26. The van der Waals surface area contributed by atoms with E-state index in [1.54, 1.807) is 18.2 Å². The van der Waals surface area contributed by atoms with E-state index in [1.807, 2.05) is 11.5 Å². The molecule has 0 atom stereocenters. The molecule has 2 aliphatic heterocycles. The van der Waals surface area contributed by atoms with Crippen molar-refractivity contribution < 1.29 is 27.0 Å². The summed E-state index contributed by atoms with van der Waals surface area (Å²) >= 11 is 1.46. The number of ether oxygens (including phenoxy) is 3. The Hall–Kier alpha value is -2.18. The van der Waals surface area contributed by atoms with Crippen LogP contribution in [0, 0.1) is 5.82 Å². The molecule has 0 unspecified atom stereocenters. The number of aromatic nitrogens is 2. The number of hydrogen-bond acceptors (Lipinski definition) is 7. The fraction of sp³-hybridized carbons (Fsp3) is 0.409. The molecule has 0 N–H and O–H groups in total. The number of thioether (sulfide) groups is 1. The van der Waals surface area contributed by atoms with Crippen molar-refractivity contribution in [1.29, 1.82) is 0 Å². The standard InChI is InChI=1S/C22H24FN3O5S2/c1-2-26-20-4-3-18(33(27,28)25-5-7-29-8-6-25)11-19(20)24-22(26)32-13-16-10-17(23)9-15-12-30-14-31-21(15)16/h3-4,9-11H,2,5-8,12-14H2,1H3. The minimum atomic E-state index is -3.61. The largest absolute Gasteiger partial charge is 0.467 e. The molecular formula is C22H24FN3O5S2. The Bertz CT molecular complexity index is 1290. The zero-order valence-electron chi connectivity index (χ0n) is 18.1. The van der Waals surface area contributed by atoms with Gasteiger partial charge in [-0.25, -0.2) is 17.8 Å². The second-order valence-corrected chi connectivity index (χ2v) is 10.6. The van der Waals surface area contributed by atoms with Crippen LogP contribution in [-0.2, 0) is 38.4 Å². The summed E-state index contributed by atoms with van der Waals surface area (Å²) in [5, 5.41) is 0.735. The summed E-state index contributed by atoms with van der Waals surface area (Å²) in [6.45, 7) is 4.61. The molecule has 0 bridgehead atoms. The van der Waals surface area contributed by atoms with Crippen LogP contribution >= 0.6 is 11.8 Å². The Morgan fingerprint density at radius 2 is 1.97 bits per heavy atom. The fourth-order valence-electron chi connectivity index (χ4n) is 4.11. The molecule has 1 aromatic heterocycles. The van der Waals surface area contributed by atoms with Gasteiger partial charge in [0.15, 0.2) is 11.9 Å². The van der Waals surface area contributed by atoms with Gasteiger partial charge in [-0.1, -0.05) is 11.8 Å².